The predicted molar refractivity (Wildman–Crippen MR) is 117 cm³/mol. The van der Waals surface area contributed by atoms with Gasteiger partial charge in [-0.2, -0.15) is 0 Å². The second kappa shape index (κ2) is 8.62. The third kappa shape index (κ3) is 4.30. The lowest BCUT2D eigenvalue weighted by atomic mass is 10.1. The fraction of sp³-hybridized carbons (Fsp3) is 0.200. The van der Waals surface area contributed by atoms with Crippen LogP contribution in [0.4, 0.5) is 5.82 Å². The van der Waals surface area contributed by atoms with Gasteiger partial charge < -0.3 is 9.64 Å². The van der Waals surface area contributed by atoms with E-state index in [0.717, 1.165) is 35.4 Å². The summed E-state index contributed by atoms with van der Waals surface area (Å²) in [7, 11) is 0. The zero-order chi connectivity index (χ0) is 20.1. The molecular formula is C25H22N2O2. The van der Waals surface area contributed by atoms with Crippen molar-refractivity contribution in [3.8, 4) is 18.1 Å². The summed E-state index contributed by atoms with van der Waals surface area (Å²) in [6, 6.07) is 17.2. The molecule has 0 saturated carbocycles. The Morgan fingerprint density at radius 2 is 1.90 bits per heavy atom. The topological polar surface area (TPSA) is 42.4 Å². The van der Waals surface area contributed by atoms with E-state index in [4.69, 9.17) is 16.1 Å². The van der Waals surface area contributed by atoms with Crippen molar-refractivity contribution in [2.24, 2.45) is 0 Å². The highest BCUT2D eigenvalue weighted by atomic mass is 16.5. The maximum absolute atomic E-state index is 12.6. The first-order chi connectivity index (χ1) is 14.2. The monoisotopic (exact) mass is 382 g/mol. The summed E-state index contributed by atoms with van der Waals surface area (Å²) in [5.41, 5.74) is 2.54. The number of aromatic nitrogens is 1. The zero-order valence-electron chi connectivity index (χ0n) is 16.2. The van der Waals surface area contributed by atoms with Crippen LogP contribution in [0.25, 0.3) is 17.0 Å². The van der Waals surface area contributed by atoms with Crippen LogP contribution in [-0.4, -0.2) is 30.5 Å². The second-order valence-corrected chi connectivity index (χ2v) is 7.00. The summed E-state index contributed by atoms with van der Waals surface area (Å²) < 4.78 is 5.35. The van der Waals surface area contributed by atoms with Crippen LogP contribution in [0.15, 0.2) is 60.7 Å². The van der Waals surface area contributed by atoms with E-state index < -0.39 is 0 Å². The van der Waals surface area contributed by atoms with Crippen molar-refractivity contribution >= 4 is 28.6 Å². The molecule has 2 aromatic carbocycles. The Balaban J connectivity index is 1.60. The smallest absolute Gasteiger partial charge is 0.185 e. The first-order valence-electron chi connectivity index (χ1n) is 9.78. The van der Waals surface area contributed by atoms with Gasteiger partial charge in [0.1, 0.15) is 18.2 Å². The molecule has 4 rings (SSSR count). The van der Waals surface area contributed by atoms with Crippen molar-refractivity contribution in [1.29, 1.82) is 0 Å². The Morgan fingerprint density at radius 3 is 2.66 bits per heavy atom. The van der Waals surface area contributed by atoms with Gasteiger partial charge in [-0.3, -0.25) is 4.79 Å². The lowest BCUT2D eigenvalue weighted by molar-refractivity contribution is 0.104. The fourth-order valence-corrected chi connectivity index (χ4v) is 3.53. The van der Waals surface area contributed by atoms with Crippen molar-refractivity contribution in [3.05, 3.63) is 71.8 Å². The van der Waals surface area contributed by atoms with Crippen molar-refractivity contribution in [3.63, 3.8) is 0 Å². The van der Waals surface area contributed by atoms with Crippen molar-refractivity contribution in [1.82, 2.24) is 4.98 Å². The predicted octanol–water partition coefficient (Wildman–Crippen LogP) is 4.74. The van der Waals surface area contributed by atoms with Crippen molar-refractivity contribution < 1.29 is 9.53 Å². The number of ether oxygens (including phenoxy) is 1. The van der Waals surface area contributed by atoms with Crippen LogP contribution in [0.3, 0.4) is 0 Å². The summed E-state index contributed by atoms with van der Waals surface area (Å²) in [6.07, 6.45) is 11.0. The summed E-state index contributed by atoms with van der Waals surface area (Å²) in [5.74, 6) is 3.96. The van der Waals surface area contributed by atoms with Gasteiger partial charge in [0.25, 0.3) is 0 Å². The largest absolute Gasteiger partial charge is 0.481 e. The number of carbonyl (C=O) groups excluding carboxylic acids is 1. The molecule has 0 radical (unpaired) electrons. The van der Waals surface area contributed by atoms with Gasteiger partial charge in [-0.1, -0.05) is 24.1 Å². The first kappa shape index (κ1) is 18.8. The maximum atomic E-state index is 12.6. The number of anilines is 1. The molecule has 0 bridgehead atoms. The van der Waals surface area contributed by atoms with Crippen LogP contribution in [-0.2, 0) is 0 Å². The number of ketones is 1. The molecule has 4 nitrogen and oxygen atoms in total. The van der Waals surface area contributed by atoms with E-state index in [1.54, 1.807) is 30.3 Å². The molecule has 3 aromatic rings. The highest BCUT2D eigenvalue weighted by molar-refractivity contribution is 6.07. The number of rotatable bonds is 6. The molecule has 1 saturated heterocycles. The average Bonchev–Trinajstić information content (AvgIpc) is 3.30. The van der Waals surface area contributed by atoms with Crippen LogP contribution >= 0.6 is 0 Å². The van der Waals surface area contributed by atoms with Gasteiger partial charge in [0, 0.05) is 29.6 Å². The van der Waals surface area contributed by atoms with Crippen molar-refractivity contribution in [2.45, 2.75) is 12.8 Å². The Hall–Kier alpha value is -3.58. The summed E-state index contributed by atoms with van der Waals surface area (Å²) in [6.45, 7) is 2.21. The van der Waals surface area contributed by atoms with E-state index in [2.05, 4.69) is 16.9 Å². The lowest BCUT2D eigenvalue weighted by Gasteiger charge is -2.19. The van der Waals surface area contributed by atoms with Crippen LogP contribution in [0, 0.1) is 12.3 Å². The standard InChI is InChI=1S/C25H22N2O2/c1-2-17-29-22-12-9-19(10-13-22)24(28)14-11-21-18-20-7-3-4-8-23(20)26-25(21)27-15-5-6-16-27/h1,3-4,7-14,18H,5-6,15-17H2/b14-11+. The Bertz CT molecular complexity index is 1090. The molecule has 1 aliphatic rings. The van der Waals surface area contributed by atoms with Gasteiger partial charge in [-0.25, -0.2) is 4.98 Å². The number of hydrogen-bond donors (Lipinski definition) is 0. The molecule has 144 valence electrons. The van der Waals surface area contributed by atoms with Crippen molar-refractivity contribution in [2.75, 3.05) is 24.6 Å². The molecule has 0 amide bonds. The Morgan fingerprint density at radius 1 is 1.14 bits per heavy atom. The first-order valence-corrected chi connectivity index (χ1v) is 9.78. The molecule has 0 unspecified atom stereocenters. The van der Waals surface area contributed by atoms with E-state index in [1.807, 2.05) is 30.3 Å². The second-order valence-electron chi connectivity index (χ2n) is 7.00. The van der Waals surface area contributed by atoms with Crippen LogP contribution in [0.5, 0.6) is 5.75 Å². The zero-order valence-corrected chi connectivity index (χ0v) is 16.2. The molecular weight excluding hydrogens is 360 g/mol. The normalized spacial score (nSPS) is 13.7. The molecule has 0 spiro atoms. The minimum atomic E-state index is -0.0611. The summed E-state index contributed by atoms with van der Waals surface area (Å²) in [5, 5.41) is 1.07. The molecule has 1 aliphatic heterocycles. The minimum absolute atomic E-state index is 0.0611. The SMILES string of the molecule is C#CCOc1ccc(C(=O)/C=C/c2cc3ccccc3nc2N2CCCC2)cc1. The number of carbonyl (C=O) groups is 1. The summed E-state index contributed by atoms with van der Waals surface area (Å²) >= 11 is 0. The van der Waals surface area contributed by atoms with Gasteiger partial charge in [-0.15, -0.1) is 6.42 Å². The van der Waals surface area contributed by atoms with Gasteiger partial charge >= 0.3 is 0 Å². The molecule has 29 heavy (non-hydrogen) atoms. The number of hydrogen-bond acceptors (Lipinski definition) is 4. The van der Waals surface area contributed by atoms with Crippen LogP contribution < -0.4 is 9.64 Å². The van der Waals surface area contributed by atoms with E-state index in [-0.39, 0.29) is 12.4 Å². The van der Waals surface area contributed by atoms with E-state index in [1.165, 1.54) is 12.8 Å². The van der Waals surface area contributed by atoms with E-state index >= 15 is 0 Å². The van der Waals surface area contributed by atoms with Gasteiger partial charge in [0.2, 0.25) is 0 Å². The summed E-state index contributed by atoms with van der Waals surface area (Å²) in [4.78, 5) is 19.8. The molecule has 0 aliphatic carbocycles. The number of pyridine rings is 1. The molecule has 0 N–H and O–H groups in total. The quantitative estimate of drug-likeness (QED) is 0.351. The number of terminal acetylenes is 1. The number of benzene rings is 2. The number of fused-ring (bicyclic) bond motifs is 1. The van der Waals surface area contributed by atoms with Crippen LogP contribution in [0.2, 0.25) is 0 Å². The van der Waals surface area contributed by atoms with E-state index in [9.17, 15) is 4.79 Å². The van der Waals surface area contributed by atoms with Gasteiger partial charge in [0.05, 0.1) is 5.52 Å². The minimum Gasteiger partial charge on any atom is -0.481 e. The molecule has 0 atom stereocenters. The molecule has 1 fully saturated rings. The highest BCUT2D eigenvalue weighted by Gasteiger charge is 2.17. The van der Waals surface area contributed by atoms with E-state index in [0.29, 0.717) is 11.3 Å². The third-order valence-electron chi connectivity index (χ3n) is 5.01. The highest BCUT2D eigenvalue weighted by Crippen LogP contribution is 2.27. The van der Waals surface area contributed by atoms with Crippen LogP contribution in [0.1, 0.15) is 28.8 Å². The maximum Gasteiger partial charge on any atom is 0.185 e. The molecule has 2 heterocycles. The Labute approximate surface area is 170 Å². The van der Waals surface area contributed by atoms with Gasteiger partial charge in [-0.05, 0) is 61.4 Å². The Kier molecular flexibility index (Phi) is 5.58. The average molecular weight is 382 g/mol. The number of para-hydroxylation sites is 1. The molecule has 1 aromatic heterocycles. The fourth-order valence-electron chi connectivity index (χ4n) is 3.53. The van der Waals surface area contributed by atoms with Gasteiger partial charge in [0.15, 0.2) is 5.78 Å². The molecule has 4 heteroatoms. The third-order valence-corrected chi connectivity index (χ3v) is 5.01. The number of nitrogens with zero attached hydrogens (tertiary/aromatic N) is 2. The lowest BCUT2D eigenvalue weighted by Crippen LogP contribution is -2.20. The number of allylic oxidation sites excluding steroid dienone is 1.